The molecule has 30 rings (SSSR count). The fourth-order valence-corrected chi connectivity index (χ4v) is 21.5. The standard InChI is InChI=1S/C118H62N8O6/c1-2-22-64-56-94-88(53-63(64)21-1)73-24-3-10-35-92(73)125(94)70-49-45-66-54-90(111-109(86(66)60-70)80-29-8-15-40-99(80)131-111)117-120-113(119-114(122-117)82-32-18-42-101-106(82)77-26-5-12-37-96(77)127-101)69-48-52-76-75-51-47-68(58-104(75)130-105(76)59-69)72-31-17-23-65-57-95-89(62-85(65)72)74-25-4-11-36-93(74)126(95)71-50-46-67-55-91(112-110(87(67)61-71)81-30-9-16-41-100(81)132-112)118-123-115(83-33-19-43-102-107(83)78-27-6-13-38-97(78)128-102)121-116(124-118)84-34-20-44-103-108(84)79-28-7-14-39-98(79)129-103/h1-62H. The van der Waals surface area contributed by atoms with Gasteiger partial charge in [0, 0.05) is 120 Å². The zero-order chi connectivity index (χ0) is 85.8. The topological polar surface area (TPSA) is 166 Å². The smallest absolute Gasteiger partial charge is 0.167 e. The highest BCUT2D eigenvalue weighted by Gasteiger charge is 2.29. The van der Waals surface area contributed by atoms with Crippen molar-refractivity contribution in [2.75, 3.05) is 0 Å². The highest BCUT2D eigenvalue weighted by molar-refractivity contribution is 6.27. The van der Waals surface area contributed by atoms with E-state index in [9.17, 15) is 0 Å². The summed E-state index contributed by atoms with van der Waals surface area (Å²) in [5.74, 6) is 2.86. The molecule has 10 heterocycles. The van der Waals surface area contributed by atoms with E-state index in [2.05, 4.69) is 270 Å². The number of fused-ring (bicyclic) bond motifs is 30. The lowest BCUT2D eigenvalue weighted by atomic mass is 9.96. The van der Waals surface area contributed by atoms with Gasteiger partial charge in [-0.15, -0.1) is 0 Å². The fourth-order valence-electron chi connectivity index (χ4n) is 21.5. The second kappa shape index (κ2) is 26.7. The molecule has 20 aromatic carbocycles. The zero-order valence-corrected chi connectivity index (χ0v) is 69.8. The maximum absolute atomic E-state index is 7.15. The Bertz CT molecular complexity index is 10300. The van der Waals surface area contributed by atoms with Gasteiger partial charge in [0.15, 0.2) is 34.9 Å². The van der Waals surface area contributed by atoms with Crippen molar-refractivity contribution in [2.24, 2.45) is 0 Å². The monoisotopic (exact) mass is 1690 g/mol. The predicted molar refractivity (Wildman–Crippen MR) is 534 cm³/mol. The van der Waals surface area contributed by atoms with Crippen LogP contribution in [0.3, 0.4) is 0 Å². The van der Waals surface area contributed by atoms with Gasteiger partial charge in [0.05, 0.1) is 33.2 Å². The van der Waals surface area contributed by atoms with Gasteiger partial charge in [0.1, 0.15) is 67.0 Å². The first-order valence-corrected chi connectivity index (χ1v) is 44.2. The Balaban J connectivity index is 0.546. The maximum Gasteiger partial charge on any atom is 0.167 e. The van der Waals surface area contributed by atoms with Gasteiger partial charge in [-0.1, -0.05) is 231 Å². The molecule has 0 aliphatic carbocycles. The molecule has 0 aliphatic rings. The summed E-state index contributed by atoms with van der Waals surface area (Å²) in [7, 11) is 0. The molecule has 14 nitrogen and oxygen atoms in total. The summed E-state index contributed by atoms with van der Waals surface area (Å²) in [6.45, 7) is 0. The van der Waals surface area contributed by atoms with Gasteiger partial charge in [-0.05, 0) is 200 Å². The molecule has 0 bridgehead atoms. The first-order chi connectivity index (χ1) is 65.4. The van der Waals surface area contributed by atoms with Gasteiger partial charge in [-0.3, -0.25) is 0 Å². The minimum absolute atomic E-state index is 0.455. The van der Waals surface area contributed by atoms with Crippen LogP contribution in [0.25, 0.3) is 309 Å². The molecule has 0 N–H and O–H groups in total. The normalized spacial score (nSPS) is 12.4. The van der Waals surface area contributed by atoms with Crippen LogP contribution in [-0.4, -0.2) is 39.0 Å². The van der Waals surface area contributed by atoms with Crippen molar-refractivity contribution in [1.29, 1.82) is 0 Å². The minimum Gasteiger partial charge on any atom is -0.456 e. The summed E-state index contributed by atoms with van der Waals surface area (Å²) in [4.78, 5) is 32.9. The molecule has 0 saturated heterocycles. The summed E-state index contributed by atoms with van der Waals surface area (Å²) in [6.07, 6.45) is 0. The molecule has 30 aromatic rings. The number of aromatic nitrogens is 8. The zero-order valence-electron chi connectivity index (χ0n) is 69.8. The van der Waals surface area contributed by atoms with Gasteiger partial charge in [-0.25, -0.2) is 29.9 Å². The predicted octanol–water partition coefficient (Wildman–Crippen LogP) is 31.9. The quantitative estimate of drug-likeness (QED) is 0.134. The average molecular weight is 1690 g/mol. The molecule has 14 heteroatoms. The van der Waals surface area contributed by atoms with Crippen LogP contribution >= 0.6 is 0 Å². The molecular formula is C118H62N8O6. The Morgan fingerprint density at radius 3 is 0.985 bits per heavy atom. The van der Waals surface area contributed by atoms with Crippen molar-refractivity contribution in [3.05, 3.63) is 376 Å². The number of rotatable bonds is 9. The third-order valence-electron chi connectivity index (χ3n) is 27.3. The fraction of sp³-hybridized carbons (Fsp3) is 0. The molecule has 0 fully saturated rings. The highest BCUT2D eigenvalue weighted by Crippen LogP contribution is 2.50. The number of benzene rings is 20. The Hall–Kier alpha value is -18.1. The van der Waals surface area contributed by atoms with Crippen molar-refractivity contribution in [3.63, 3.8) is 0 Å². The van der Waals surface area contributed by atoms with Gasteiger partial charge in [0.2, 0.25) is 0 Å². The Kier molecular flexibility index (Phi) is 14.4. The van der Waals surface area contributed by atoms with Crippen molar-refractivity contribution in [1.82, 2.24) is 39.0 Å². The number of hydrogen-bond acceptors (Lipinski definition) is 12. The first-order valence-electron chi connectivity index (χ1n) is 44.2. The Morgan fingerprint density at radius 2 is 0.500 bits per heavy atom. The van der Waals surface area contributed by atoms with Crippen LogP contribution in [0.2, 0.25) is 0 Å². The van der Waals surface area contributed by atoms with Crippen LogP contribution in [0.15, 0.2) is 403 Å². The second-order valence-corrected chi connectivity index (χ2v) is 34.5. The van der Waals surface area contributed by atoms with E-state index in [1.54, 1.807) is 0 Å². The molecule has 0 saturated carbocycles. The molecule has 0 unspecified atom stereocenters. The molecule has 0 aliphatic heterocycles. The van der Waals surface area contributed by atoms with Crippen LogP contribution in [0.5, 0.6) is 0 Å². The van der Waals surface area contributed by atoms with Crippen molar-refractivity contribution >= 4 is 218 Å². The number of hydrogen-bond donors (Lipinski definition) is 0. The lowest BCUT2D eigenvalue weighted by molar-refractivity contribution is 0.668. The van der Waals surface area contributed by atoms with E-state index in [4.69, 9.17) is 56.4 Å². The Labute approximate surface area is 746 Å². The summed E-state index contributed by atoms with van der Waals surface area (Å²) in [6, 6.07) is 132. The molecule has 0 atom stereocenters. The number of para-hydroxylation sites is 7. The summed E-state index contributed by atoms with van der Waals surface area (Å²) >= 11 is 0. The highest BCUT2D eigenvalue weighted by atomic mass is 16.3. The lowest BCUT2D eigenvalue weighted by Crippen LogP contribution is -2.01. The number of furan rings is 6. The van der Waals surface area contributed by atoms with Gasteiger partial charge in [-0.2, -0.15) is 0 Å². The second-order valence-electron chi connectivity index (χ2n) is 34.5. The Morgan fingerprint density at radius 1 is 0.159 bits per heavy atom. The van der Waals surface area contributed by atoms with Crippen molar-refractivity contribution in [3.8, 4) is 90.8 Å². The van der Waals surface area contributed by atoms with E-state index in [1.807, 2.05) is 115 Å². The molecule has 0 radical (unpaired) electrons. The van der Waals surface area contributed by atoms with Gasteiger partial charge in [0.25, 0.3) is 0 Å². The maximum atomic E-state index is 7.15. The third-order valence-corrected chi connectivity index (χ3v) is 27.3. The van der Waals surface area contributed by atoms with E-state index in [0.29, 0.717) is 51.7 Å². The van der Waals surface area contributed by atoms with E-state index in [-0.39, 0.29) is 0 Å². The van der Waals surface area contributed by atoms with Gasteiger partial charge < -0.3 is 35.6 Å². The summed E-state index contributed by atoms with van der Waals surface area (Å²) in [5.41, 5.74) is 22.1. The van der Waals surface area contributed by atoms with E-state index in [1.165, 1.54) is 21.5 Å². The third kappa shape index (κ3) is 10.3. The molecule has 0 amide bonds. The minimum atomic E-state index is 0.455. The van der Waals surface area contributed by atoms with Crippen LogP contribution in [0, 0.1) is 0 Å². The van der Waals surface area contributed by atoms with Crippen LogP contribution in [0.4, 0.5) is 0 Å². The molecule has 0 spiro atoms. The first kappa shape index (κ1) is 71.1. The molecule has 610 valence electrons. The summed E-state index contributed by atoms with van der Waals surface area (Å²) in [5, 5.41) is 24.8. The molecule has 132 heavy (non-hydrogen) atoms. The largest absolute Gasteiger partial charge is 0.456 e. The summed E-state index contributed by atoms with van der Waals surface area (Å²) < 4.78 is 45.7. The lowest BCUT2D eigenvalue weighted by Gasteiger charge is -2.13. The SMILES string of the molecule is c1ccc2cc3c(cc2c1)c1ccccc1n3-c1ccc2cc(-c3nc(-c4ccc5c(c4)oc4cc(-c6cccc7cc8c(cc67)c6ccccc6n8-c6ccc7cc(-c8nc(-c9cccc%10oc%11ccccc%11c9%10)nc(-c9cccc%10oc%11ccccc%11c9%10)n8)c8oc9ccccc9c8c7c6)ccc45)nc(-c4cccc5oc6ccccc6c45)n3)c3oc4ccccc4c3c2c1. The van der Waals surface area contributed by atoms with Crippen LogP contribution in [0.1, 0.15) is 0 Å². The van der Waals surface area contributed by atoms with E-state index in [0.717, 1.165) is 236 Å². The van der Waals surface area contributed by atoms with Gasteiger partial charge >= 0.3 is 0 Å². The van der Waals surface area contributed by atoms with Crippen molar-refractivity contribution in [2.45, 2.75) is 0 Å². The molecule has 10 aromatic heterocycles. The van der Waals surface area contributed by atoms with Crippen LogP contribution < -0.4 is 0 Å². The average Bonchev–Trinajstić information content (AvgIpc) is 1.54. The van der Waals surface area contributed by atoms with E-state index < -0.39 is 0 Å². The number of nitrogens with zero attached hydrogens (tertiary/aromatic N) is 8. The van der Waals surface area contributed by atoms with Crippen LogP contribution in [-0.2, 0) is 0 Å². The van der Waals surface area contributed by atoms with Crippen molar-refractivity contribution < 1.29 is 26.5 Å². The molecular weight excluding hydrogens is 1630 g/mol. The van der Waals surface area contributed by atoms with E-state index >= 15 is 0 Å².